The summed E-state index contributed by atoms with van der Waals surface area (Å²) in [6.45, 7) is 8.83. The molecule has 1 heterocycles. The van der Waals surface area contributed by atoms with Gasteiger partial charge in [-0.2, -0.15) is 0 Å². The normalized spacial score (nSPS) is 12.7. The van der Waals surface area contributed by atoms with E-state index in [1.54, 1.807) is 59.4 Å². The molecular formula is C36H50N6O7. The molecular weight excluding hydrogens is 628 g/mol. The van der Waals surface area contributed by atoms with Gasteiger partial charge in [0.1, 0.15) is 22.9 Å². The SMILES string of the molecule is COc1ccc(C(CCCn2cnc(NC(=O)[C@@H](COCc3ccccc3)NC(=O)C(C)(C)NC(=O)OC(C)(C)C)c2)C(=O)N(C)C)cc1. The summed E-state index contributed by atoms with van der Waals surface area (Å²) in [5, 5.41) is 8.02. The Hall–Kier alpha value is -4.91. The minimum atomic E-state index is -1.40. The van der Waals surface area contributed by atoms with Gasteiger partial charge >= 0.3 is 6.09 Å². The molecule has 3 aromatic rings. The van der Waals surface area contributed by atoms with Gasteiger partial charge in [-0.3, -0.25) is 14.4 Å². The highest BCUT2D eigenvalue weighted by Gasteiger charge is 2.34. The highest BCUT2D eigenvalue weighted by molar-refractivity contribution is 5.98. The largest absolute Gasteiger partial charge is 0.497 e. The molecule has 4 amide bonds. The third-order valence-electron chi connectivity index (χ3n) is 7.45. The third-order valence-corrected chi connectivity index (χ3v) is 7.45. The molecule has 0 fully saturated rings. The van der Waals surface area contributed by atoms with Crippen molar-refractivity contribution in [1.82, 2.24) is 25.1 Å². The Morgan fingerprint density at radius 3 is 2.24 bits per heavy atom. The number of rotatable bonds is 16. The molecule has 3 rings (SSSR count). The van der Waals surface area contributed by atoms with Crippen LogP contribution in [-0.4, -0.2) is 83.3 Å². The van der Waals surface area contributed by atoms with E-state index in [1.165, 1.54) is 13.8 Å². The van der Waals surface area contributed by atoms with Crippen LogP contribution in [-0.2, 0) is 37.0 Å². The van der Waals surface area contributed by atoms with E-state index in [0.717, 1.165) is 16.9 Å². The number of aryl methyl sites for hydroxylation is 1. The number of hydrogen-bond donors (Lipinski definition) is 3. The predicted octanol–water partition coefficient (Wildman–Crippen LogP) is 4.49. The van der Waals surface area contributed by atoms with E-state index in [4.69, 9.17) is 14.2 Å². The number of carbonyl (C=O) groups is 4. The molecule has 0 bridgehead atoms. The lowest BCUT2D eigenvalue weighted by Crippen LogP contribution is -2.59. The van der Waals surface area contributed by atoms with Crippen molar-refractivity contribution in [3.05, 3.63) is 78.2 Å². The van der Waals surface area contributed by atoms with Gasteiger partial charge in [0.05, 0.1) is 32.6 Å². The first-order chi connectivity index (χ1) is 23.1. The number of imidazole rings is 1. The van der Waals surface area contributed by atoms with Crippen molar-refractivity contribution in [2.24, 2.45) is 0 Å². The number of methoxy groups -OCH3 is 1. The van der Waals surface area contributed by atoms with E-state index in [-0.39, 0.29) is 30.9 Å². The molecule has 0 aliphatic rings. The summed E-state index contributed by atoms with van der Waals surface area (Å²) < 4.78 is 18.2. The predicted molar refractivity (Wildman–Crippen MR) is 186 cm³/mol. The molecule has 1 aromatic heterocycles. The molecule has 0 aliphatic carbocycles. The number of hydrogen-bond acceptors (Lipinski definition) is 8. The highest BCUT2D eigenvalue weighted by Crippen LogP contribution is 2.26. The topological polar surface area (TPSA) is 153 Å². The fourth-order valence-corrected chi connectivity index (χ4v) is 4.82. The minimum absolute atomic E-state index is 0.00999. The Bertz CT molecular complexity index is 1530. The minimum Gasteiger partial charge on any atom is -0.497 e. The van der Waals surface area contributed by atoms with Gasteiger partial charge in [-0.05, 0) is 70.7 Å². The van der Waals surface area contributed by atoms with E-state index < -0.39 is 35.1 Å². The lowest BCUT2D eigenvalue weighted by molar-refractivity contribution is -0.131. The molecule has 1 unspecified atom stereocenters. The van der Waals surface area contributed by atoms with Crippen LogP contribution in [0.1, 0.15) is 64.5 Å². The molecule has 0 spiro atoms. The number of carbonyl (C=O) groups excluding carboxylic acids is 4. The second-order valence-corrected chi connectivity index (χ2v) is 13.5. The average molecular weight is 679 g/mol. The molecule has 0 aliphatic heterocycles. The number of amides is 4. The first-order valence-corrected chi connectivity index (χ1v) is 16.2. The number of ether oxygens (including phenoxy) is 3. The summed E-state index contributed by atoms with van der Waals surface area (Å²) in [5.74, 6) is -0.455. The molecule has 2 atom stereocenters. The number of alkyl carbamates (subject to hydrolysis) is 1. The highest BCUT2D eigenvalue weighted by atomic mass is 16.6. The van der Waals surface area contributed by atoms with Crippen molar-refractivity contribution in [3.8, 4) is 5.75 Å². The summed E-state index contributed by atoms with van der Waals surface area (Å²) in [7, 11) is 5.08. The van der Waals surface area contributed by atoms with Crippen LogP contribution in [0.2, 0.25) is 0 Å². The van der Waals surface area contributed by atoms with Gasteiger partial charge in [0.2, 0.25) is 11.8 Å². The zero-order valence-corrected chi connectivity index (χ0v) is 29.7. The molecule has 0 saturated carbocycles. The van der Waals surface area contributed by atoms with Crippen LogP contribution in [0.4, 0.5) is 10.6 Å². The molecule has 0 saturated heterocycles. The van der Waals surface area contributed by atoms with E-state index in [9.17, 15) is 19.2 Å². The fourth-order valence-electron chi connectivity index (χ4n) is 4.82. The Labute approximate surface area is 288 Å². The Morgan fingerprint density at radius 2 is 1.63 bits per heavy atom. The number of aromatic nitrogens is 2. The van der Waals surface area contributed by atoms with Gasteiger partial charge in [-0.15, -0.1) is 0 Å². The van der Waals surface area contributed by atoms with Crippen LogP contribution < -0.4 is 20.7 Å². The zero-order chi connectivity index (χ0) is 36.2. The lowest BCUT2D eigenvalue weighted by Gasteiger charge is -2.29. The van der Waals surface area contributed by atoms with Gasteiger partial charge in [-0.1, -0.05) is 42.5 Å². The van der Waals surface area contributed by atoms with Crippen molar-refractivity contribution >= 4 is 29.6 Å². The van der Waals surface area contributed by atoms with Gasteiger partial charge < -0.3 is 39.6 Å². The first-order valence-electron chi connectivity index (χ1n) is 16.2. The van der Waals surface area contributed by atoms with Crippen molar-refractivity contribution < 1.29 is 33.4 Å². The summed E-state index contributed by atoms with van der Waals surface area (Å²) in [6.07, 6.45) is 3.79. The lowest BCUT2D eigenvalue weighted by atomic mass is 9.93. The van der Waals surface area contributed by atoms with Crippen LogP contribution in [0.3, 0.4) is 0 Å². The molecule has 13 heteroatoms. The van der Waals surface area contributed by atoms with Crippen molar-refractivity contribution in [2.75, 3.05) is 33.1 Å². The number of benzene rings is 2. The standard InChI is InChI=1S/C36H50N6O7/c1-35(2,3)49-34(46)40-36(4,5)33(45)38-29(23-48-22-25-13-10-9-11-14-25)31(43)39-30-21-42(24-37-30)20-12-15-28(32(44)41(6)7)26-16-18-27(47-8)19-17-26/h9-11,13-14,16-19,21,24,28-29H,12,15,20,22-23H2,1-8H3,(H,38,45)(H,39,43)(H,40,46)/t28?,29-/m1/s1. The Morgan fingerprint density at radius 1 is 0.959 bits per heavy atom. The summed E-state index contributed by atoms with van der Waals surface area (Å²) in [6, 6.07) is 15.8. The molecule has 266 valence electrons. The van der Waals surface area contributed by atoms with Gasteiger partial charge in [0.15, 0.2) is 5.82 Å². The van der Waals surface area contributed by atoms with Gasteiger partial charge in [0.25, 0.3) is 5.91 Å². The van der Waals surface area contributed by atoms with Crippen LogP contribution >= 0.6 is 0 Å². The van der Waals surface area contributed by atoms with Gasteiger partial charge in [-0.25, -0.2) is 9.78 Å². The van der Waals surface area contributed by atoms with Crippen LogP contribution in [0.15, 0.2) is 67.1 Å². The summed E-state index contributed by atoms with van der Waals surface area (Å²) in [5.41, 5.74) is -0.347. The zero-order valence-electron chi connectivity index (χ0n) is 29.7. The molecule has 0 radical (unpaired) electrons. The molecule has 3 N–H and O–H groups in total. The average Bonchev–Trinajstić information content (AvgIpc) is 3.48. The van der Waals surface area contributed by atoms with E-state index in [0.29, 0.717) is 19.4 Å². The second kappa shape index (κ2) is 17.5. The smallest absolute Gasteiger partial charge is 0.408 e. The molecule has 2 aromatic carbocycles. The fraction of sp³-hybridized carbons (Fsp3) is 0.472. The van der Waals surface area contributed by atoms with E-state index >= 15 is 0 Å². The van der Waals surface area contributed by atoms with Crippen LogP contribution in [0.25, 0.3) is 0 Å². The maximum absolute atomic E-state index is 13.5. The summed E-state index contributed by atoms with van der Waals surface area (Å²) >= 11 is 0. The van der Waals surface area contributed by atoms with Crippen LogP contribution in [0, 0.1) is 0 Å². The number of anilines is 1. The van der Waals surface area contributed by atoms with E-state index in [2.05, 4.69) is 20.9 Å². The maximum Gasteiger partial charge on any atom is 0.408 e. The van der Waals surface area contributed by atoms with E-state index in [1.807, 2.05) is 59.2 Å². The van der Waals surface area contributed by atoms with Crippen molar-refractivity contribution in [1.29, 1.82) is 0 Å². The van der Waals surface area contributed by atoms with Crippen LogP contribution in [0.5, 0.6) is 5.75 Å². The number of likely N-dealkylation sites (N-methyl/N-ethyl adjacent to an activating group) is 1. The third kappa shape index (κ3) is 12.6. The number of nitrogens with one attached hydrogen (secondary N) is 3. The second-order valence-electron chi connectivity index (χ2n) is 13.5. The maximum atomic E-state index is 13.5. The molecule has 13 nitrogen and oxygen atoms in total. The first kappa shape index (κ1) is 38.5. The van der Waals surface area contributed by atoms with Crippen molar-refractivity contribution in [2.45, 2.75) is 83.7 Å². The molecule has 49 heavy (non-hydrogen) atoms. The van der Waals surface area contributed by atoms with Gasteiger partial charge in [0, 0.05) is 26.8 Å². The quantitative estimate of drug-likeness (QED) is 0.201. The monoisotopic (exact) mass is 678 g/mol. The Balaban J connectivity index is 1.65. The summed E-state index contributed by atoms with van der Waals surface area (Å²) in [4.78, 5) is 58.1. The van der Waals surface area contributed by atoms with Crippen molar-refractivity contribution in [3.63, 3.8) is 0 Å². The number of nitrogens with zero attached hydrogens (tertiary/aromatic N) is 3. The Kier molecular flexibility index (Phi) is 13.7.